The van der Waals surface area contributed by atoms with E-state index in [1.807, 2.05) is 0 Å². The average Bonchev–Trinajstić information content (AvgIpc) is 2.38. The van der Waals surface area contributed by atoms with Crippen LogP contribution in [0.1, 0.15) is 51.4 Å². The third-order valence-electron chi connectivity index (χ3n) is 5.08. The highest BCUT2D eigenvalue weighted by atomic mass is 16.3. The molecule has 0 aromatic heterocycles. The third-order valence-corrected chi connectivity index (χ3v) is 5.08. The summed E-state index contributed by atoms with van der Waals surface area (Å²) in [5.41, 5.74) is 1.05. The lowest BCUT2D eigenvalue weighted by atomic mass is 9.44. The van der Waals surface area contributed by atoms with Gasteiger partial charge in [-0.2, -0.15) is 0 Å². The fraction of sp³-hybridized carbons (Fsp3) is 1.00. The Morgan fingerprint density at radius 2 is 1.58 bits per heavy atom. The van der Waals surface area contributed by atoms with Crippen LogP contribution in [0.2, 0.25) is 0 Å². The first-order valence-corrected chi connectivity index (χ1v) is 5.47. The second-order valence-electron chi connectivity index (χ2n) is 5.22. The Kier molecular flexibility index (Phi) is 1.27. The van der Waals surface area contributed by atoms with Crippen LogP contribution in [0, 0.1) is 10.8 Å². The van der Waals surface area contributed by atoms with Crippen molar-refractivity contribution in [3.8, 4) is 0 Å². The van der Waals surface area contributed by atoms with Crippen LogP contribution in [0.15, 0.2) is 0 Å². The van der Waals surface area contributed by atoms with Gasteiger partial charge in [0.25, 0.3) is 0 Å². The van der Waals surface area contributed by atoms with Gasteiger partial charge in [-0.15, -0.1) is 0 Å². The van der Waals surface area contributed by atoms with E-state index in [9.17, 15) is 5.11 Å². The first kappa shape index (κ1) is 7.37. The summed E-state index contributed by atoms with van der Waals surface area (Å²) in [7, 11) is 0. The fourth-order valence-electron chi connectivity index (χ4n) is 4.45. The first-order valence-electron chi connectivity index (χ1n) is 5.47. The van der Waals surface area contributed by atoms with Crippen molar-refractivity contribution in [1.82, 2.24) is 0 Å². The van der Waals surface area contributed by atoms with Gasteiger partial charge in [-0.1, -0.05) is 19.3 Å². The van der Waals surface area contributed by atoms with E-state index in [0.29, 0.717) is 10.8 Å². The molecular formula is C11H18O. The molecule has 12 heavy (non-hydrogen) atoms. The maximum atomic E-state index is 9.90. The largest absolute Gasteiger partial charge is 0.393 e. The number of hydrogen-bond acceptors (Lipinski definition) is 1. The molecule has 0 spiro atoms. The van der Waals surface area contributed by atoms with Crippen molar-refractivity contribution in [2.45, 2.75) is 57.5 Å². The van der Waals surface area contributed by atoms with Crippen LogP contribution in [-0.4, -0.2) is 11.2 Å². The van der Waals surface area contributed by atoms with Crippen LogP contribution in [0.4, 0.5) is 0 Å². The van der Waals surface area contributed by atoms with E-state index in [4.69, 9.17) is 0 Å². The Morgan fingerprint density at radius 3 is 2.33 bits per heavy atom. The molecule has 3 atom stereocenters. The summed E-state index contributed by atoms with van der Waals surface area (Å²) >= 11 is 0. The number of hydrogen-bond donors (Lipinski definition) is 1. The quantitative estimate of drug-likeness (QED) is 0.586. The molecule has 0 aromatic rings. The second kappa shape index (κ2) is 2.06. The predicted octanol–water partition coefficient (Wildman–Crippen LogP) is 2.48. The zero-order valence-corrected chi connectivity index (χ0v) is 7.68. The van der Waals surface area contributed by atoms with Gasteiger partial charge in [0.1, 0.15) is 0 Å². The van der Waals surface area contributed by atoms with Gasteiger partial charge in [-0.25, -0.2) is 0 Å². The van der Waals surface area contributed by atoms with Crippen LogP contribution in [0.25, 0.3) is 0 Å². The van der Waals surface area contributed by atoms with E-state index in [1.165, 1.54) is 44.9 Å². The third kappa shape index (κ3) is 0.585. The van der Waals surface area contributed by atoms with Gasteiger partial charge in [0, 0.05) is 5.41 Å². The normalized spacial score (nSPS) is 57.2. The molecule has 3 rings (SSSR count). The van der Waals surface area contributed by atoms with Crippen LogP contribution >= 0.6 is 0 Å². The molecule has 0 radical (unpaired) electrons. The Labute approximate surface area is 74.2 Å². The van der Waals surface area contributed by atoms with Crippen LogP contribution in [0.5, 0.6) is 0 Å². The molecular weight excluding hydrogens is 148 g/mol. The van der Waals surface area contributed by atoms with Crippen LogP contribution < -0.4 is 0 Å². The number of aliphatic hydroxyl groups is 1. The number of rotatable bonds is 0. The topological polar surface area (TPSA) is 20.2 Å². The minimum atomic E-state index is 0.0697. The highest BCUT2D eigenvalue weighted by Gasteiger charge is 2.66. The van der Waals surface area contributed by atoms with Gasteiger partial charge in [0.2, 0.25) is 0 Å². The van der Waals surface area contributed by atoms with Crippen molar-refractivity contribution in [2.24, 2.45) is 10.8 Å². The van der Waals surface area contributed by atoms with Crippen molar-refractivity contribution >= 4 is 0 Å². The van der Waals surface area contributed by atoms with Crippen molar-refractivity contribution in [1.29, 1.82) is 0 Å². The van der Waals surface area contributed by atoms with Gasteiger partial charge in [0.05, 0.1) is 6.10 Å². The lowest BCUT2D eigenvalue weighted by Crippen LogP contribution is -2.60. The highest BCUT2D eigenvalue weighted by molar-refractivity contribution is 5.16. The monoisotopic (exact) mass is 166 g/mol. The van der Waals surface area contributed by atoms with E-state index in [1.54, 1.807) is 0 Å². The molecule has 0 heterocycles. The summed E-state index contributed by atoms with van der Waals surface area (Å²) in [6, 6.07) is 0. The number of aliphatic hydroxyl groups excluding tert-OH is 1. The summed E-state index contributed by atoms with van der Waals surface area (Å²) in [6.07, 6.45) is 10.9. The molecule has 3 aliphatic rings. The van der Waals surface area contributed by atoms with Crippen LogP contribution in [-0.2, 0) is 0 Å². The first-order chi connectivity index (χ1) is 5.79. The molecule has 68 valence electrons. The van der Waals surface area contributed by atoms with E-state index in [0.717, 1.165) is 6.42 Å². The molecule has 1 nitrogen and oxygen atoms in total. The maximum Gasteiger partial charge on any atom is 0.0607 e. The van der Waals surface area contributed by atoms with Crippen molar-refractivity contribution < 1.29 is 5.11 Å². The molecule has 3 aliphatic carbocycles. The van der Waals surface area contributed by atoms with E-state index in [2.05, 4.69) is 0 Å². The van der Waals surface area contributed by atoms with Gasteiger partial charge in [0.15, 0.2) is 0 Å². The molecule has 0 bridgehead atoms. The summed E-state index contributed by atoms with van der Waals surface area (Å²) < 4.78 is 0. The molecule has 0 aliphatic heterocycles. The van der Waals surface area contributed by atoms with Crippen molar-refractivity contribution in [3.05, 3.63) is 0 Å². The minimum absolute atomic E-state index is 0.0697. The Balaban J connectivity index is 1.98. The lowest BCUT2D eigenvalue weighted by molar-refractivity contribution is -0.194. The molecule has 1 heteroatoms. The van der Waals surface area contributed by atoms with Gasteiger partial charge >= 0.3 is 0 Å². The fourth-order valence-corrected chi connectivity index (χ4v) is 4.45. The predicted molar refractivity (Wildman–Crippen MR) is 47.8 cm³/mol. The van der Waals surface area contributed by atoms with E-state index < -0.39 is 0 Å². The molecule has 3 saturated carbocycles. The maximum absolute atomic E-state index is 9.90. The zero-order chi connectivity index (χ0) is 8.23. The van der Waals surface area contributed by atoms with Crippen molar-refractivity contribution in [2.75, 3.05) is 0 Å². The second-order valence-corrected chi connectivity index (χ2v) is 5.22. The Hall–Kier alpha value is -0.0400. The summed E-state index contributed by atoms with van der Waals surface area (Å²) in [4.78, 5) is 0. The Bertz CT molecular complexity index is 209. The highest BCUT2D eigenvalue weighted by Crippen LogP contribution is 2.72. The molecule has 0 aromatic carbocycles. The molecule has 1 N–H and O–H groups in total. The summed E-state index contributed by atoms with van der Waals surface area (Å²) in [5.74, 6) is 0. The minimum Gasteiger partial charge on any atom is -0.393 e. The van der Waals surface area contributed by atoms with E-state index in [-0.39, 0.29) is 6.10 Å². The molecule has 0 saturated heterocycles. The van der Waals surface area contributed by atoms with Crippen LogP contribution in [0.3, 0.4) is 0 Å². The van der Waals surface area contributed by atoms with Gasteiger partial charge in [-0.3, -0.25) is 0 Å². The Morgan fingerprint density at radius 1 is 0.917 bits per heavy atom. The summed E-state index contributed by atoms with van der Waals surface area (Å²) in [6.45, 7) is 0. The standard InChI is InChI=1S/C11H18O/c12-9-8-10-4-1-2-6-11(9,10)7-3-5-10/h9,12H,1-8H2. The van der Waals surface area contributed by atoms with Gasteiger partial charge < -0.3 is 5.11 Å². The molecule has 0 amide bonds. The average molecular weight is 166 g/mol. The molecule has 3 fully saturated rings. The van der Waals surface area contributed by atoms with Crippen molar-refractivity contribution in [3.63, 3.8) is 0 Å². The lowest BCUT2D eigenvalue weighted by Gasteiger charge is -2.62. The zero-order valence-electron chi connectivity index (χ0n) is 7.68. The van der Waals surface area contributed by atoms with E-state index >= 15 is 0 Å². The summed E-state index contributed by atoms with van der Waals surface area (Å²) in [5, 5.41) is 9.90. The van der Waals surface area contributed by atoms with Gasteiger partial charge in [-0.05, 0) is 37.5 Å². The SMILES string of the molecule is OC1CC23CCCCC12CCC3. The molecule has 3 unspecified atom stereocenters. The smallest absolute Gasteiger partial charge is 0.0607 e.